The summed E-state index contributed by atoms with van der Waals surface area (Å²) in [7, 11) is 0. The minimum Gasteiger partial charge on any atom is -0.366 e. The number of nitrogens with one attached hydrogen (secondary N) is 2. The quantitative estimate of drug-likeness (QED) is 0.614. The number of aromatic nitrogens is 1. The highest BCUT2D eigenvalue weighted by molar-refractivity contribution is 7.15. The Hall–Kier alpha value is -2.81. The first-order valence-corrected chi connectivity index (χ1v) is 12.1. The molecule has 3 aromatic rings. The minimum absolute atomic E-state index is 0.0513. The number of anilines is 1. The van der Waals surface area contributed by atoms with E-state index in [1.54, 1.807) is 23.5 Å². The van der Waals surface area contributed by atoms with Crippen LogP contribution in [0.4, 0.5) is 10.1 Å². The standard InChI is InChI=1S/C25H28FN5OS/c1-16-7-9-18(10-8-16)24-27-17(2)23(33-24)20-15-21(29-28-20)25(32)31-13-11-30(12-14-31)22-6-4-3-5-19(22)26/h3-10,20-21,28-29H,11-15H2,1-2H3. The molecular formula is C25H28FN5OS. The van der Waals surface area contributed by atoms with Crippen LogP contribution in [-0.2, 0) is 4.79 Å². The normalized spacial score (nSPS) is 20.9. The molecule has 0 aliphatic carbocycles. The fourth-order valence-electron chi connectivity index (χ4n) is 4.54. The minimum atomic E-state index is -0.278. The van der Waals surface area contributed by atoms with Crippen LogP contribution in [0.5, 0.6) is 0 Å². The molecule has 3 heterocycles. The molecule has 5 rings (SSSR count). The van der Waals surface area contributed by atoms with Gasteiger partial charge in [-0.05, 0) is 32.4 Å². The molecular weight excluding hydrogens is 437 g/mol. The molecule has 2 unspecified atom stereocenters. The SMILES string of the molecule is Cc1ccc(-c2nc(C)c(C3CC(C(=O)N4CCN(c5ccccc5F)CC4)NN3)s2)cc1. The molecule has 0 saturated carbocycles. The predicted octanol–water partition coefficient (Wildman–Crippen LogP) is 3.82. The van der Waals surface area contributed by atoms with E-state index >= 15 is 0 Å². The number of amides is 1. The van der Waals surface area contributed by atoms with Crippen LogP contribution in [0.3, 0.4) is 0 Å². The molecule has 6 nitrogen and oxygen atoms in total. The van der Waals surface area contributed by atoms with Gasteiger partial charge in [0.25, 0.3) is 0 Å². The summed E-state index contributed by atoms with van der Waals surface area (Å²) < 4.78 is 14.1. The second kappa shape index (κ2) is 9.21. The van der Waals surface area contributed by atoms with Crippen LogP contribution in [0.15, 0.2) is 48.5 Å². The first-order valence-electron chi connectivity index (χ1n) is 11.3. The third kappa shape index (κ3) is 4.51. The number of carbonyl (C=O) groups excluding carboxylic acids is 1. The van der Waals surface area contributed by atoms with Gasteiger partial charge in [-0.3, -0.25) is 4.79 Å². The highest BCUT2D eigenvalue weighted by Crippen LogP contribution is 2.35. The number of hydrogen-bond donors (Lipinski definition) is 2. The maximum absolute atomic E-state index is 14.1. The molecule has 2 atom stereocenters. The lowest BCUT2D eigenvalue weighted by molar-refractivity contribution is -0.133. The Morgan fingerprint density at radius 2 is 1.76 bits per heavy atom. The molecule has 0 bridgehead atoms. The number of para-hydroxylation sites is 1. The molecule has 2 aromatic carbocycles. The Morgan fingerprint density at radius 3 is 2.48 bits per heavy atom. The fourth-order valence-corrected chi connectivity index (χ4v) is 5.67. The zero-order chi connectivity index (χ0) is 22.9. The van der Waals surface area contributed by atoms with E-state index in [1.807, 2.05) is 22.8 Å². The first kappa shape index (κ1) is 22.0. The van der Waals surface area contributed by atoms with E-state index in [2.05, 4.69) is 42.0 Å². The second-order valence-corrected chi connectivity index (χ2v) is 9.76. The maximum atomic E-state index is 14.1. The number of thiazole rings is 1. The van der Waals surface area contributed by atoms with E-state index < -0.39 is 0 Å². The highest BCUT2D eigenvalue weighted by Gasteiger charge is 2.35. The van der Waals surface area contributed by atoms with Crippen LogP contribution in [0.1, 0.15) is 28.6 Å². The number of rotatable bonds is 4. The number of hydrazine groups is 1. The number of hydrogen-bond acceptors (Lipinski definition) is 6. The smallest absolute Gasteiger partial charge is 0.241 e. The van der Waals surface area contributed by atoms with E-state index in [9.17, 15) is 9.18 Å². The predicted molar refractivity (Wildman–Crippen MR) is 130 cm³/mol. The van der Waals surface area contributed by atoms with Gasteiger partial charge in [0.05, 0.1) is 17.4 Å². The molecule has 0 radical (unpaired) electrons. The van der Waals surface area contributed by atoms with E-state index in [4.69, 9.17) is 4.98 Å². The van der Waals surface area contributed by atoms with Crippen molar-refractivity contribution in [3.05, 3.63) is 70.5 Å². The average Bonchev–Trinajstić information content (AvgIpc) is 3.46. The summed E-state index contributed by atoms with van der Waals surface area (Å²) in [5.41, 5.74) is 10.5. The molecule has 0 spiro atoms. The van der Waals surface area contributed by atoms with Gasteiger partial charge < -0.3 is 9.80 Å². The van der Waals surface area contributed by atoms with Gasteiger partial charge in [-0.1, -0.05) is 42.0 Å². The van der Waals surface area contributed by atoms with Crippen molar-refractivity contribution in [1.82, 2.24) is 20.7 Å². The summed E-state index contributed by atoms with van der Waals surface area (Å²) >= 11 is 1.68. The Balaban J connectivity index is 1.21. The summed E-state index contributed by atoms with van der Waals surface area (Å²) in [6, 6.07) is 15.0. The average molecular weight is 466 g/mol. The van der Waals surface area contributed by atoms with Gasteiger partial charge in [0.1, 0.15) is 16.9 Å². The van der Waals surface area contributed by atoms with Gasteiger partial charge >= 0.3 is 0 Å². The summed E-state index contributed by atoms with van der Waals surface area (Å²) in [5.74, 6) is -0.120. The van der Waals surface area contributed by atoms with Crippen molar-refractivity contribution >= 4 is 22.9 Å². The van der Waals surface area contributed by atoms with Gasteiger partial charge in [-0.15, -0.1) is 11.3 Å². The van der Waals surface area contributed by atoms with Gasteiger partial charge in [-0.25, -0.2) is 20.2 Å². The summed E-state index contributed by atoms with van der Waals surface area (Å²) in [4.78, 5) is 23.0. The lowest BCUT2D eigenvalue weighted by atomic mass is 10.1. The Bertz CT molecular complexity index is 1140. The van der Waals surface area contributed by atoms with Crippen molar-refractivity contribution < 1.29 is 9.18 Å². The number of piperazine rings is 1. The molecule has 2 saturated heterocycles. The van der Waals surface area contributed by atoms with Crippen LogP contribution in [0.25, 0.3) is 10.6 Å². The van der Waals surface area contributed by atoms with Crippen molar-refractivity contribution in [2.45, 2.75) is 32.4 Å². The summed E-state index contributed by atoms with van der Waals surface area (Å²) in [5, 5.41) is 1.00. The van der Waals surface area contributed by atoms with E-state index in [-0.39, 0.29) is 23.8 Å². The number of carbonyl (C=O) groups is 1. The third-order valence-corrected chi connectivity index (χ3v) is 7.75. The maximum Gasteiger partial charge on any atom is 0.241 e. The van der Waals surface area contributed by atoms with E-state index in [0.717, 1.165) is 21.1 Å². The Kier molecular flexibility index (Phi) is 6.14. The van der Waals surface area contributed by atoms with Crippen molar-refractivity contribution in [2.75, 3.05) is 31.1 Å². The molecule has 2 aliphatic rings. The topological polar surface area (TPSA) is 60.5 Å². The zero-order valence-electron chi connectivity index (χ0n) is 18.8. The molecule has 1 aromatic heterocycles. The lowest BCUT2D eigenvalue weighted by Gasteiger charge is -2.37. The van der Waals surface area contributed by atoms with Crippen LogP contribution in [0, 0.1) is 19.7 Å². The van der Waals surface area contributed by atoms with E-state index in [1.165, 1.54) is 11.6 Å². The molecule has 2 fully saturated rings. The van der Waals surface area contributed by atoms with Crippen LogP contribution in [-0.4, -0.2) is 48.0 Å². The Labute approximate surface area is 197 Å². The third-order valence-electron chi connectivity index (χ3n) is 6.43. The molecule has 2 aliphatic heterocycles. The van der Waals surface area contributed by atoms with Crippen molar-refractivity contribution in [1.29, 1.82) is 0 Å². The van der Waals surface area contributed by atoms with Gasteiger partial charge in [0, 0.05) is 36.6 Å². The van der Waals surface area contributed by atoms with Crippen molar-refractivity contribution in [3.8, 4) is 10.6 Å². The molecule has 2 N–H and O–H groups in total. The number of nitrogens with zero attached hydrogens (tertiary/aromatic N) is 3. The molecule has 172 valence electrons. The zero-order valence-corrected chi connectivity index (χ0v) is 19.7. The van der Waals surface area contributed by atoms with Gasteiger partial charge in [0.15, 0.2) is 0 Å². The number of halogens is 1. The monoisotopic (exact) mass is 465 g/mol. The lowest BCUT2D eigenvalue weighted by Crippen LogP contribution is -2.53. The van der Waals surface area contributed by atoms with Gasteiger partial charge in [0.2, 0.25) is 5.91 Å². The van der Waals surface area contributed by atoms with E-state index in [0.29, 0.717) is 38.3 Å². The van der Waals surface area contributed by atoms with Crippen molar-refractivity contribution in [2.24, 2.45) is 0 Å². The summed E-state index contributed by atoms with van der Waals surface area (Å²) in [6.07, 6.45) is 0.683. The molecule has 33 heavy (non-hydrogen) atoms. The van der Waals surface area contributed by atoms with Crippen LogP contribution >= 0.6 is 11.3 Å². The number of benzene rings is 2. The fraction of sp³-hybridized carbons (Fsp3) is 0.360. The summed E-state index contributed by atoms with van der Waals surface area (Å²) in [6.45, 7) is 6.55. The largest absolute Gasteiger partial charge is 0.366 e. The first-order chi connectivity index (χ1) is 16.0. The highest BCUT2D eigenvalue weighted by atomic mass is 32.1. The van der Waals surface area contributed by atoms with Gasteiger partial charge in [-0.2, -0.15) is 0 Å². The van der Waals surface area contributed by atoms with Crippen molar-refractivity contribution in [3.63, 3.8) is 0 Å². The van der Waals surface area contributed by atoms with Crippen LogP contribution < -0.4 is 15.8 Å². The molecule has 8 heteroatoms. The van der Waals surface area contributed by atoms with Crippen LogP contribution in [0.2, 0.25) is 0 Å². The Morgan fingerprint density at radius 1 is 1.03 bits per heavy atom. The number of aryl methyl sites for hydroxylation is 2. The second-order valence-electron chi connectivity index (χ2n) is 8.73. The molecule has 1 amide bonds.